The SMILES string of the molecule is Cc1cc(Cl)c(-c2cnc(N)[nH]2)cc1F. The van der Waals surface area contributed by atoms with Gasteiger partial charge in [-0.1, -0.05) is 11.6 Å². The third kappa shape index (κ3) is 1.80. The fourth-order valence-electron chi connectivity index (χ4n) is 1.33. The van der Waals surface area contributed by atoms with E-state index < -0.39 is 0 Å². The molecule has 0 spiro atoms. The van der Waals surface area contributed by atoms with Gasteiger partial charge in [-0.2, -0.15) is 0 Å². The molecule has 0 bridgehead atoms. The molecule has 0 amide bonds. The van der Waals surface area contributed by atoms with Gasteiger partial charge in [0.2, 0.25) is 0 Å². The van der Waals surface area contributed by atoms with Crippen molar-refractivity contribution in [2.75, 3.05) is 5.73 Å². The lowest BCUT2D eigenvalue weighted by molar-refractivity contribution is 0.619. The highest BCUT2D eigenvalue weighted by Gasteiger charge is 2.09. The summed E-state index contributed by atoms with van der Waals surface area (Å²) >= 11 is 5.99. The van der Waals surface area contributed by atoms with Gasteiger partial charge in [0, 0.05) is 5.56 Å². The molecule has 0 fully saturated rings. The minimum Gasteiger partial charge on any atom is -0.369 e. The van der Waals surface area contributed by atoms with E-state index in [0.29, 0.717) is 21.8 Å². The number of aryl methyl sites for hydroxylation is 1. The molecule has 0 radical (unpaired) electrons. The van der Waals surface area contributed by atoms with E-state index >= 15 is 0 Å². The second-order valence-electron chi connectivity index (χ2n) is 3.26. The Morgan fingerprint density at radius 2 is 2.20 bits per heavy atom. The molecule has 1 aromatic carbocycles. The van der Waals surface area contributed by atoms with Crippen molar-refractivity contribution in [3.63, 3.8) is 0 Å². The lowest BCUT2D eigenvalue weighted by Gasteiger charge is -2.03. The molecular formula is C10H9ClFN3. The van der Waals surface area contributed by atoms with Gasteiger partial charge in [-0.3, -0.25) is 0 Å². The fraction of sp³-hybridized carbons (Fsp3) is 0.100. The molecule has 0 saturated heterocycles. The summed E-state index contributed by atoms with van der Waals surface area (Å²) in [7, 11) is 0. The van der Waals surface area contributed by atoms with Crippen LogP contribution in [-0.2, 0) is 0 Å². The number of H-pyrrole nitrogens is 1. The van der Waals surface area contributed by atoms with Crippen molar-refractivity contribution in [3.8, 4) is 11.3 Å². The Kier molecular flexibility index (Phi) is 2.36. The number of aromatic nitrogens is 2. The van der Waals surface area contributed by atoms with Gasteiger partial charge in [-0.05, 0) is 24.6 Å². The van der Waals surface area contributed by atoms with E-state index in [1.807, 2.05) is 0 Å². The number of halogens is 2. The van der Waals surface area contributed by atoms with Crippen LogP contribution in [0.1, 0.15) is 5.56 Å². The Hall–Kier alpha value is -1.55. The number of rotatable bonds is 1. The van der Waals surface area contributed by atoms with E-state index in [0.717, 1.165) is 0 Å². The summed E-state index contributed by atoms with van der Waals surface area (Å²) in [5.41, 5.74) is 7.11. The third-order valence-electron chi connectivity index (χ3n) is 2.13. The second kappa shape index (κ2) is 3.55. The molecule has 0 atom stereocenters. The number of anilines is 1. The van der Waals surface area contributed by atoms with E-state index in [4.69, 9.17) is 17.3 Å². The van der Waals surface area contributed by atoms with Crippen LogP contribution in [0.3, 0.4) is 0 Å². The number of imidazole rings is 1. The Balaban J connectivity index is 2.58. The van der Waals surface area contributed by atoms with Crippen LogP contribution in [0.2, 0.25) is 5.02 Å². The Morgan fingerprint density at radius 1 is 1.47 bits per heavy atom. The normalized spacial score (nSPS) is 10.6. The summed E-state index contributed by atoms with van der Waals surface area (Å²) in [5, 5.41) is 0.470. The Morgan fingerprint density at radius 3 is 2.80 bits per heavy atom. The van der Waals surface area contributed by atoms with Crippen LogP contribution >= 0.6 is 11.6 Å². The summed E-state index contributed by atoms with van der Waals surface area (Å²) in [6.45, 7) is 1.66. The largest absolute Gasteiger partial charge is 0.369 e. The number of nitrogens with two attached hydrogens (primary N) is 1. The van der Waals surface area contributed by atoms with E-state index in [2.05, 4.69) is 9.97 Å². The third-order valence-corrected chi connectivity index (χ3v) is 2.45. The Bertz CT molecular complexity index is 507. The first-order valence-corrected chi connectivity index (χ1v) is 4.72. The van der Waals surface area contributed by atoms with Crippen LogP contribution in [0.4, 0.5) is 10.3 Å². The first-order chi connectivity index (χ1) is 7.08. The zero-order chi connectivity index (χ0) is 11.0. The van der Waals surface area contributed by atoms with Crippen LogP contribution in [0.25, 0.3) is 11.3 Å². The number of hydrogen-bond acceptors (Lipinski definition) is 2. The summed E-state index contributed by atoms with van der Waals surface area (Å²) in [6, 6.07) is 2.94. The molecule has 0 aliphatic heterocycles. The smallest absolute Gasteiger partial charge is 0.197 e. The summed E-state index contributed by atoms with van der Waals surface area (Å²) in [5.74, 6) is -0.0235. The highest BCUT2D eigenvalue weighted by molar-refractivity contribution is 6.33. The molecule has 1 heterocycles. The van der Waals surface area contributed by atoms with Gasteiger partial charge in [0.15, 0.2) is 5.95 Å². The molecule has 3 nitrogen and oxygen atoms in total. The van der Waals surface area contributed by atoms with Crippen molar-refractivity contribution in [2.24, 2.45) is 0 Å². The zero-order valence-corrected chi connectivity index (χ0v) is 8.77. The quantitative estimate of drug-likeness (QED) is 0.784. The molecule has 78 valence electrons. The Labute approximate surface area is 91.1 Å². The van der Waals surface area contributed by atoms with Gasteiger partial charge in [0.1, 0.15) is 5.82 Å². The van der Waals surface area contributed by atoms with Crippen LogP contribution in [0, 0.1) is 12.7 Å². The fourth-order valence-corrected chi connectivity index (χ4v) is 1.65. The minimum absolute atomic E-state index is 0.280. The molecule has 1 aromatic heterocycles. The van der Waals surface area contributed by atoms with Crippen LogP contribution in [0.5, 0.6) is 0 Å². The number of nitrogens with one attached hydrogen (secondary N) is 1. The van der Waals surface area contributed by atoms with Crippen molar-refractivity contribution in [2.45, 2.75) is 6.92 Å². The van der Waals surface area contributed by atoms with Crippen molar-refractivity contribution < 1.29 is 4.39 Å². The highest BCUT2D eigenvalue weighted by atomic mass is 35.5. The van der Waals surface area contributed by atoms with Crippen LogP contribution in [-0.4, -0.2) is 9.97 Å². The van der Waals surface area contributed by atoms with E-state index in [-0.39, 0.29) is 11.8 Å². The summed E-state index contributed by atoms with van der Waals surface area (Å²) < 4.78 is 13.3. The molecule has 15 heavy (non-hydrogen) atoms. The number of nitrogen functional groups attached to an aromatic ring is 1. The maximum absolute atomic E-state index is 13.3. The predicted molar refractivity (Wildman–Crippen MR) is 58.1 cm³/mol. The minimum atomic E-state index is -0.303. The van der Waals surface area contributed by atoms with E-state index in [9.17, 15) is 4.39 Å². The molecule has 2 aromatic rings. The van der Waals surface area contributed by atoms with Crippen molar-refractivity contribution >= 4 is 17.5 Å². The van der Waals surface area contributed by atoms with Gasteiger partial charge < -0.3 is 10.7 Å². The lowest BCUT2D eigenvalue weighted by atomic mass is 10.1. The van der Waals surface area contributed by atoms with Gasteiger partial charge >= 0.3 is 0 Å². The number of aromatic amines is 1. The summed E-state index contributed by atoms with van der Waals surface area (Å²) in [4.78, 5) is 6.62. The number of nitrogens with zero attached hydrogens (tertiary/aromatic N) is 1. The van der Waals surface area contributed by atoms with Crippen molar-refractivity contribution in [3.05, 3.63) is 34.7 Å². The average Bonchev–Trinajstić information content (AvgIpc) is 2.58. The first kappa shape index (κ1) is 9.98. The standard InChI is InChI=1S/C10H9ClFN3/c1-5-2-7(11)6(3-8(5)12)9-4-14-10(13)15-9/h2-4H,1H3,(H3,13,14,15). The average molecular weight is 226 g/mol. The molecular weight excluding hydrogens is 217 g/mol. The molecule has 0 saturated carbocycles. The molecule has 2 rings (SSSR count). The monoisotopic (exact) mass is 225 g/mol. The molecule has 0 aliphatic rings. The van der Waals surface area contributed by atoms with Gasteiger partial charge in [0.05, 0.1) is 16.9 Å². The van der Waals surface area contributed by atoms with Gasteiger partial charge in [-0.25, -0.2) is 9.37 Å². The van der Waals surface area contributed by atoms with Crippen LogP contribution < -0.4 is 5.73 Å². The van der Waals surface area contributed by atoms with Crippen molar-refractivity contribution in [1.29, 1.82) is 0 Å². The van der Waals surface area contributed by atoms with Gasteiger partial charge in [-0.15, -0.1) is 0 Å². The molecule has 0 aliphatic carbocycles. The second-order valence-corrected chi connectivity index (χ2v) is 3.67. The molecule has 3 N–H and O–H groups in total. The zero-order valence-electron chi connectivity index (χ0n) is 8.01. The highest BCUT2D eigenvalue weighted by Crippen LogP contribution is 2.29. The van der Waals surface area contributed by atoms with Gasteiger partial charge in [0.25, 0.3) is 0 Å². The topological polar surface area (TPSA) is 54.7 Å². The first-order valence-electron chi connectivity index (χ1n) is 4.34. The maximum atomic E-state index is 13.3. The number of hydrogen-bond donors (Lipinski definition) is 2. The maximum Gasteiger partial charge on any atom is 0.197 e. The predicted octanol–water partition coefficient (Wildman–Crippen LogP) is 2.76. The van der Waals surface area contributed by atoms with E-state index in [1.165, 1.54) is 12.3 Å². The molecule has 0 unspecified atom stereocenters. The summed E-state index contributed by atoms with van der Waals surface area (Å²) in [6.07, 6.45) is 1.52. The number of benzene rings is 1. The van der Waals surface area contributed by atoms with E-state index in [1.54, 1.807) is 13.0 Å². The molecule has 5 heteroatoms. The lowest BCUT2D eigenvalue weighted by Crippen LogP contribution is -1.88. The van der Waals surface area contributed by atoms with Crippen LogP contribution in [0.15, 0.2) is 18.3 Å². The van der Waals surface area contributed by atoms with Crippen molar-refractivity contribution in [1.82, 2.24) is 9.97 Å².